The van der Waals surface area contributed by atoms with Crippen LogP contribution in [0.2, 0.25) is 0 Å². The Hall–Kier alpha value is -6.24. The van der Waals surface area contributed by atoms with E-state index in [1.165, 1.54) is 43.6 Å². The lowest BCUT2D eigenvalue weighted by Crippen LogP contribution is -2.17. The van der Waals surface area contributed by atoms with Crippen molar-refractivity contribution in [2.45, 2.75) is 0 Å². The number of hydrogen-bond donors (Lipinski definition) is 0. The van der Waals surface area contributed by atoms with Crippen LogP contribution in [-0.2, 0) is 0 Å². The molecule has 3 nitrogen and oxygen atoms in total. The topological polar surface area (TPSA) is 13.1 Å². The second kappa shape index (κ2) is 11.7. The van der Waals surface area contributed by atoms with Crippen molar-refractivity contribution in [3.05, 3.63) is 170 Å². The Morgan fingerprint density at radius 1 is 0.478 bits per heavy atom. The lowest BCUT2D eigenvalue weighted by atomic mass is 10.2. The van der Waals surface area contributed by atoms with E-state index in [1.807, 2.05) is 12.2 Å². The summed E-state index contributed by atoms with van der Waals surface area (Å²) in [5.41, 5.74) is 9.31. The highest BCUT2D eigenvalue weighted by atomic mass is 15.1. The predicted octanol–water partition coefficient (Wildman–Crippen LogP) is 10.8. The van der Waals surface area contributed by atoms with Crippen LogP contribution < -0.4 is 4.90 Å². The van der Waals surface area contributed by atoms with Gasteiger partial charge < -0.3 is 14.0 Å². The van der Waals surface area contributed by atoms with Crippen molar-refractivity contribution in [2.75, 3.05) is 11.4 Å². The first-order valence-corrected chi connectivity index (χ1v) is 15.5. The fraction of sp³-hybridized carbons (Fsp3) is 0.0233. The molecular formula is C43H31N3. The number of terminal acetylenes is 1. The van der Waals surface area contributed by atoms with E-state index in [4.69, 9.17) is 6.42 Å². The third-order valence-electron chi connectivity index (χ3n) is 8.73. The van der Waals surface area contributed by atoms with Crippen LogP contribution in [0.15, 0.2) is 170 Å². The van der Waals surface area contributed by atoms with E-state index in [-0.39, 0.29) is 0 Å². The normalized spacial score (nSPS) is 11.8. The van der Waals surface area contributed by atoms with Crippen molar-refractivity contribution in [1.82, 2.24) is 9.13 Å². The lowest BCUT2D eigenvalue weighted by Gasteiger charge is -2.24. The Labute approximate surface area is 268 Å². The van der Waals surface area contributed by atoms with Crippen LogP contribution in [0.5, 0.6) is 0 Å². The fourth-order valence-electron chi connectivity index (χ4n) is 6.68. The van der Waals surface area contributed by atoms with Crippen molar-refractivity contribution in [3.8, 4) is 23.7 Å². The molecule has 2 heterocycles. The molecule has 0 spiro atoms. The van der Waals surface area contributed by atoms with Gasteiger partial charge >= 0.3 is 0 Å². The Morgan fingerprint density at radius 3 is 1.22 bits per heavy atom. The number of hydrogen-bond acceptors (Lipinski definition) is 1. The van der Waals surface area contributed by atoms with Gasteiger partial charge in [-0.25, -0.2) is 0 Å². The molecule has 0 saturated heterocycles. The van der Waals surface area contributed by atoms with Gasteiger partial charge in [-0.3, -0.25) is 0 Å². The van der Waals surface area contributed by atoms with Crippen LogP contribution in [-0.4, -0.2) is 15.7 Å². The molecule has 0 saturated carbocycles. The van der Waals surface area contributed by atoms with E-state index >= 15 is 0 Å². The van der Waals surface area contributed by atoms with Gasteiger partial charge in [-0.1, -0.05) is 96.9 Å². The number of para-hydroxylation sites is 4. The summed E-state index contributed by atoms with van der Waals surface area (Å²) >= 11 is 0. The van der Waals surface area contributed by atoms with Crippen LogP contribution in [0.4, 0.5) is 11.4 Å². The Morgan fingerprint density at radius 2 is 0.848 bits per heavy atom. The highest BCUT2D eigenvalue weighted by molar-refractivity contribution is 6.10. The Kier molecular flexibility index (Phi) is 6.94. The van der Waals surface area contributed by atoms with E-state index in [0.29, 0.717) is 6.54 Å². The molecule has 218 valence electrons. The van der Waals surface area contributed by atoms with Gasteiger partial charge in [0.15, 0.2) is 0 Å². The summed E-state index contributed by atoms with van der Waals surface area (Å²) in [7, 11) is 0. The number of allylic oxidation sites excluding steroid dienone is 3. The second-order valence-electron chi connectivity index (χ2n) is 11.3. The average Bonchev–Trinajstić information content (AvgIpc) is 3.63. The highest BCUT2D eigenvalue weighted by Gasteiger charge is 2.15. The summed E-state index contributed by atoms with van der Waals surface area (Å²) in [6.07, 6.45) is 13.2. The van der Waals surface area contributed by atoms with E-state index in [0.717, 1.165) is 22.7 Å². The summed E-state index contributed by atoms with van der Waals surface area (Å²) in [6.45, 7) is 0.693. The third-order valence-corrected chi connectivity index (χ3v) is 8.73. The zero-order valence-corrected chi connectivity index (χ0v) is 25.3. The van der Waals surface area contributed by atoms with Crippen molar-refractivity contribution >= 4 is 55.0 Å². The van der Waals surface area contributed by atoms with Gasteiger partial charge in [0.05, 0.1) is 22.1 Å². The number of anilines is 2. The second-order valence-corrected chi connectivity index (χ2v) is 11.3. The van der Waals surface area contributed by atoms with Crippen molar-refractivity contribution in [1.29, 1.82) is 0 Å². The van der Waals surface area contributed by atoms with Gasteiger partial charge in [-0.15, -0.1) is 6.42 Å². The summed E-state index contributed by atoms with van der Waals surface area (Å²) in [5, 5.41) is 5.05. The summed E-state index contributed by atoms with van der Waals surface area (Å²) in [6, 6.07) is 52.2. The SMILES string of the molecule is C#C/C=C\C=C/CN(c1ccc(-n2c3ccccc3c3ccccc32)cc1)c1ccc(-n2c3ccccc3c3ccccc32)cc1. The molecule has 0 atom stereocenters. The Balaban J connectivity index is 1.19. The van der Waals surface area contributed by atoms with Crippen LogP contribution in [0.3, 0.4) is 0 Å². The van der Waals surface area contributed by atoms with Gasteiger partial charge in [0.25, 0.3) is 0 Å². The quantitative estimate of drug-likeness (QED) is 0.133. The maximum absolute atomic E-state index is 5.41. The first-order valence-electron chi connectivity index (χ1n) is 15.5. The molecule has 0 N–H and O–H groups in total. The highest BCUT2D eigenvalue weighted by Crippen LogP contribution is 2.35. The zero-order chi connectivity index (χ0) is 30.9. The molecule has 6 aromatic carbocycles. The van der Waals surface area contributed by atoms with Crippen LogP contribution in [0.25, 0.3) is 55.0 Å². The average molecular weight is 590 g/mol. The number of rotatable bonds is 7. The van der Waals surface area contributed by atoms with Gasteiger partial charge in [0.1, 0.15) is 0 Å². The first-order chi connectivity index (χ1) is 22.8. The molecule has 0 bridgehead atoms. The number of aromatic nitrogens is 2. The lowest BCUT2D eigenvalue weighted by molar-refractivity contribution is 1.08. The number of nitrogens with zero attached hydrogens (tertiary/aromatic N) is 3. The van der Waals surface area contributed by atoms with Crippen LogP contribution in [0.1, 0.15) is 0 Å². The molecule has 8 rings (SSSR count). The Bertz CT molecular complexity index is 2180. The molecule has 46 heavy (non-hydrogen) atoms. The minimum Gasteiger partial charge on any atom is -0.338 e. The molecular weight excluding hydrogens is 558 g/mol. The molecule has 0 amide bonds. The molecule has 0 aliphatic carbocycles. The molecule has 0 aliphatic heterocycles. The van der Waals surface area contributed by atoms with Crippen molar-refractivity contribution < 1.29 is 0 Å². The van der Waals surface area contributed by atoms with Gasteiger partial charge in [0.2, 0.25) is 0 Å². The van der Waals surface area contributed by atoms with Crippen molar-refractivity contribution in [2.24, 2.45) is 0 Å². The van der Waals surface area contributed by atoms with E-state index in [2.05, 4.69) is 172 Å². The van der Waals surface area contributed by atoms with Gasteiger partial charge in [-0.05, 0) is 78.9 Å². The van der Waals surface area contributed by atoms with Gasteiger partial charge in [-0.2, -0.15) is 0 Å². The monoisotopic (exact) mass is 589 g/mol. The van der Waals surface area contributed by atoms with Gasteiger partial charge in [0, 0.05) is 50.8 Å². The fourth-order valence-corrected chi connectivity index (χ4v) is 6.68. The zero-order valence-electron chi connectivity index (χ0n) is 25.3. The minimum absolute atomic E-state index is 0.693. The maximum atomic E-state index is 5.41. The van der Waals surface area contributed by atoms with E-state index in [1.54, 1.807) is 6.08 Å². The van der Waals surface area contributed by atoms with E-state index in [9.17, 15) is 0 Å². The van der Waals surface area contributed by atoms with Crippen molar-refractivity contribution in [3.63, 3.8) is 0 Å². The summed E-state index contributed by atoms with van der Waals surface area (Å²) in [5.74, 6) is 2.56. The predicted molar refractivity (Wildman–Crippen MR) is 196 cm³/mol. The standard InChI is InChI=1S/C43H31N3/c1-2-3-4-5-14-31-44(32-23-27-34(28-24-32)45-40-19-10-6-15-36(40)37-16-7-11-20-41(37)45)33-25-29-35(30-26-33)46-42-21-12-8-17-38(42)39-18-9-13-22-43(39)46/h1,3-30H,31H2/b4-3-,14-5-. The van der Waals surface area contributed by atoms with Crippen LogP contribution >= 0.6 is 0 Å². The maximum Gasteiger partial charge on any atom is 0.0541 e. The van der Waals surface area contributed by atoms with E-state index < -0.39 is 0 Å². The summed E-state index contributed by atoms with van der Waals surface area (Å²) in [4.78, 5) is 2.32. The molecule has 3 heteroatoms. The smallest absolute Gasteiger partial charge is 0.0541 e. The molecule has 0 radical (unpaired) electrons. The van der Waals surface area contributed by atoms with Crippen LogP contribution in [0, 0.1) is 12.3 Å². The summed E-state index contributed by atoms with van der Waals surface area (Å²) < 4.78 is 4.70. The molecule has 8 aromatic rings. The first kappa shape index (κ1) is 27.3. The molecule has 0 fully saturated rings. The minimum atomic E-state index is 0.693. The third kappa shape index (κ3) is 4.65. The molecule has 0 aliphatic rings. The largest absolute Gasteiger partial charge is 0.338 e. The number of fused-ring (bicyclic) bond motifs is 6. The number of benzene rings is 6. The molecule has 0 unspecified atom stereocenters. The molecule has 2 aromatic heterocycles.